The lowest BCUT2D eigenvalue weighted by Gasteiger charge is -2.28. The molecule has 1 aliphatic heterocycles. The topological polar surface area (TPSA) is 62.4 Å². The van der Waals surface area contributed by atoms with Crippen LogP contribution >= 0.6 is 15.9 Å². The first-order valence-electron chi connectivity index (χ1n) is 6.69. The van der Waals surface area contributed by atoms with Gasteiger partial charge in [0.05, 0.1) is 12.6 Å². The van der Waals surface area contributed by atoms with Gasteiger partial charge in [-0.25, -0.2) is 0 Å². The summed E-state index contributed by atoms with van der Waals surface area (Å²) in [6.07, 6.45) is 1.65. The van der Waals surface area contributed by atoms with E-state index in [1.807, 2.05) is 24.3 Å². The quantitative estimate of drug-likeness (QED) is 0.932. The minimum Gasteiger partial charge on any atom is -0.419 e. The van der Waals surface area contributed by atoms with Crippen LogP contribution in [0.25, 0.3) is 11.5 Å². The average Bonchev–Trinajstić information content (AvgIpc) is 2.88. The van der Waals surface area contributed by atoms with Gasteiger partial charge < -0.3 is 9.52 Å². The summed E-state index contributed by atoms with van der Waals surface area (Å²) >= 11 is 3.40. The van der Waals surface area contributed by atoms with Gasteiger partial charge in [0.2, 0.25) is 11.8 Å². The van der Waals surface area contributed by atoms with Crippen LogP contribution in [-0.4, -0.2) is 39.4 Å². The molecule has 106 valence electrons. The number of hydrogen-bond donors (Lipinski definition) is 1. The van der Waals surface area contributed by atoms with Gasteiger partial charge in [-0.15, -0.1) is 10.2 Å². The second-order valence-electron chi connectivity index (χ2n) is 5.04. The number of aliphatic hydroxyl groups is 1. The number of aliphatic hydroxyl groups excluding tert-OH is 1. The third kappa shape index (κ3) is 3.26. The molecule has 0 saturated carbocycles. The van der Waals surface area contributed by atoms with Gasteiger partial charge in [0.1, 0.15) is 0 Å². The van der Waals surface area contributed by atoms with Gasteiger partial charge in [0.15, 0.2) is 0 Å². The van der Waals surface area contributed by atoms with Crippen molar-refractivity contribution in [3.8, 4) is 11.5 Å². The van der Waals surface area contributed by atoms with Crippen molar-refractivity contribution in [2.45, 2.75) is 25.5 Å². The smallest absolute Gasteiger partial charge is 0.247 e. The van der Waals surface area contributed by atoms with Crippen LogP contribution in [0.1, 0.15) is 18.7 Å². The van der Waals surface area contributed by atoms with E-state index in [9.17, 15) is 5.11 Å². The Morgan fingerprint density at radius 1 is 1.30 bits per heavy atom. The lowest BCUT2D eigenvalue weighted by Crippen LogP contribution is -2.37. The number of β-amino-alcohol motifs (C(OH)–C–C–N with tert-alkyl or cyclic N) is 1. The normalized spacial score (nSPS) is 20.2. The summed E-state index contributed by atoms with van der Waals surface area (Å²) in [5, 5.41) is 17.8. The molecule has 2 heterocycles. The van der Waals surface area contributed by atoms with E-state index in [1.165, 1.54) is 0 Å². The van der Waals surface area contributed by atoms with Crippen molar-refractivity contribution in [3.05, 3.63) is 34.6 Å². The first-order chi connectivity index (χ1) is 9.70. The van der Waals surface area contributed by atoms with Crippen molar-refractivity contribution < 1.29 is 9.52 Å². The Morgan fingerprint density at radius 3 is 2.85 bits per heavy atom. The molecule has 0 bridgehead atoms. The fraction of sp³-hybridized carbons (Fsp3) is 0.429. The number of aromatic nitrogens is 2. The predicted molar refractivity (Wildman–Crippen MR) is 78.0 cm³/mol. The lowest BCUT2D eigenvalue weighted by molar-refractivity contribution is 0.0625. The van der Waals surface area contributed by atoms with E-state index in [1.54, 1.807) is 0 Å². The predicted octanol–water partition coefficient (Wildman–Crippen LogP) is 2.46. The molecule has 1 aromatic heterocycles. The highest BCUT2D eigenvalue weighted by Crippen LogP contribution is 2.21. The van der Waals surface area contributed by atoms with Crippen molar-refractivity contribution in [2.24, 2.45) is 0 Å². The van der Waals surface area contributed by atoms with E-state index in [4.69, 9.17) is 4.42 Å². The summed E-state index contributed by atoms with van der Waals surface area (Å²) in [5.41, 5.74) is 0.908. The van der Waals surface area contributed by atoms with Gasteiger partial charge in [-0.3, -0.25) is 4.90 Å². The van der Waals surface area contributed by atoms with E-state index >= 15 is 0 Å². The van der Waals surface area contributed by atoms with Gasteiger partial charge in [0, 0.05) is 16.6 Å². The fourth-order valence-electron chi connectivity index (χ4n) is 2.39. The molecular weight excluding hydrogens is 322 g/mol. The molecule has 2 aromatic rings. The molecule has 0 radical (unpaired) electrons. The number of halogens is 1. The molecule has 5 nitrogen and oxygen atoms in total. The average molecular weight is 338 g/mol. The molecule has 1 unspecified atom stereocenters. The summed E-state index contributed by atoms with van der Waals surface area (Å²) in [5.74, 6) is 1.13. The van der Waals surface area contributed by atoms with Crippen LogP contribution in [-0.2, 0) is 6.54 Å². The first-order valence-corrected chi connectivity index (χ1v) is 7.49. The Kier molecular flexibility index (Phi) is 4.14. The van der Waals surface area contributed by atoms with E-state index in [0.717, 1.165) is 29.4 Å². The molecular formula is C14H16BrN3O2. The van der Waals surface area contributed by atoms with Crippen molar-refractivity contribution in [3.63, 3.8) is 0 Å². The molecule has 0 amide bonds. The summed E-state index contributed by atoms with van der Waals surface area (Å²) < 4.78 is 6.70. The van der Waals surface area contributed by atoms with Crippen LogP contribution in [0, 0.1) is 0 Å². The maximum absolute atomic E-state index is 9.65. The second-order valence-corrected chi connectivity index (χ2v) is 5.95. The van der Waals surface area contributed by atoms with E-state index in [-0.39, 0.29) is 6.10 Å². The highest BCUT2D eigenvalue weighted by Gasteiger charge is 2.20. The maximum Gasteiger partial charge on any atom is 0.247 e. The van der Waals surface area contributed by atoms with Gasteiger partial charge in [-0.1, -0.05) is 15.9 Å². The van der Waals surface area contributed by atoms with Crippen LogP contribution in [0.4, 0.5) is 0 Å². The summed E-state index contributed by atoms with van der Waals surface area (Å²) in [6.45, 7) is 2.24. The number of nitrogens with zero attached hydrogens (tertiary/aromatic N) is 3. The Hall–Kier alpha value is -1.24. The summed E-state index contributed by atoms with van der Waals surface area (Å²) in [6, 6.07) is 7.76. The number of benzene rings is 1. The van der Waals surface area contributed by atoms with Crippen LogP contribution in [0.3, 0.4) is 0 Å². The third-order valence-corrected chi connectivity index (χ3v) is 3.93. The summed E-state index contributed by atoms with van der Waals surface area (Å²) in [4.78, 5) is 2.15. The number of hydrogen-bond acceptors (Lipinski definition) is 5. The highest BCUT2D eigenvalue weighted by atomic mass is 79.9. The standard InChI is InChI=1S/C14H16BrN3O2/c15-11-5-3-10(4-6-11)14-17-16-13(20-14)9-18-7-1-2-12(19)8-18/h3-6,12,19H,1-2,7-9H2. The zero-order chi connectivity index (χ0) is 13.9. The number of likely N-dealkylation sites (tertiary alicyclic amines) is 1. The van der Waals surface area contributed by atoms with Crippen LogP contribution in [0.15, 0.2) is 33.2 Å². The van der Waals surface area contributed by atoms with Crippen molar-refractivity contribution in [1.82, 2.24) is 15.1 Å². The largest absolute Gasteiger partial charge is 0.419 e. The Labute approximate surface area is 125 Å². The molecule has 1 aromatic carbocycles. The Bertz CT molecular complexity index is 570. The maximum atomic E-state index is 9.65. The first kappa shape index (κ1) is 13.7. The molecule has 6 heteroatoms. The van der Waals surface area contributed by atoms with Gasteiger partial charge in [0.25, 0.3) is 0 Å². The monoisotopic (exact) mass is 337 g/mol. The van der Waals surface area contributed by atoms with Gasteiger partial charge in [-0.2, -0.15) is 0 Å². The number of piperidine rings is 1. The second kappa shape index (κ2) is 6.03. The fourth-order valence-corrected chi connectivity index (χ4v) is 2.66. The van der Waals surface area contributed by atoms with Crippen molar-refractivity contribution in [1.29, 1.82) is 0 Å². The SMILES string of the molecule is OC1CCCN(Cc2nnc(-c3ccc(Br)cc3)o2)C1. The van der Waals surface area contributed by atoms with Crippen molar-refractivity contribution in [2.75, 3.05) is 13.1 Å². The lowest BCUT2D eigenvalue weighted by atomic mass is 10.1. The third-order valence-electron chi connectivity index (χ3n) is 3.40. The zero-order valence-electron chi connectivity index (χ0n) is 11.0. The van der Waals surface area contributed by atoms with E-state index < -0.39 is 0 Å². The van der Waals surface area contributed by atoms with E-state index in [2.05, 4.69) is 31.0 Å². The van der Waals surface area contributed by atoms with Crippen LogP contribution < -0.4 is 0 Å². The van der Waals surface area contributed by atoms with Gasteiger partial charge in [-0.05, 0) is 43.7 Å². The molecule has 1 N–H and O–H groups in total. The zero-order valence-corrected chi connectivity index (χ0v) is 12.6. The molecule has 1 saturated heterocycles. The Morgan fingerprint density at radius 2 is 2.10 bits per heavy atom. The number of rotatable bonds is 3. The highest BCUT2D eigenvalue weighted by molar-refractivity contribution is 9.10. The minimum absolute atomic E-state index is 0.238. The van der Waals surface area contributed by atoms with Gasteiger partial charge >= 0.3 is 0 Å². The molecule has 0 spiro atoms. The minimum atomic E-state index is -0.238. The van der Waals surface area contributed by atoms with E-state index in [0.29, 0.717) is 24.9 Å². The molecule has 1 fully saturated rings. The Balaban J connectivity index is 1.69. The molecule has 3 rings (SSSR count). The molecule has 1 atom stereocenters. The van der Waals surface area contributed by atoms with Crippen LogP contribution in [0.2, 0.25) is 0 Å². The summed E-state index contributed by atoms with van der Waals surface area (Å²) in [7, 11) is 0. The van der Waals surface area contributed by atoms with Crippen molar-refractivity contribution >= 4 is 15.9 Å². The molecule has 20 heavy (non-hydrogen) atoms. The molecule has 0 aliphatic carbocycles. The van der Waals surface area contributed by atoms with Crippen LogP contribution in [0.5, 0.6) is 0 Å². The molecule has 1 aliphatic rings.